The average molecular weight is 320 g/mol. The van der Waals surface area contributed by atoms with Gasteiger partial charge in [-0.25, -0.2) is 4.79 Å². The van der Waals surface area contributed by atoms with Crippen LogP contribution in [-0.2, 0) is 9.59 Å². The predicted octanol–water partition coefficient (Wildman–Crippen LogP) is 0.554. The van der Waals surface area contributed by atoms with Crippen molar-refractivity contribution in [2.75, 3.05) is 5.75 Å². The van der Waals surface area contributed by atoms with E-state index >= 15 is 0 Å². The number of rotatable bonds is 3. The number of amides is 2. The van der Waals surface area contributed by atoms with Gasteiger partial charge in [-0.2, -0.15) is 0 Å². The monoisotopic (exact) mass is 320 g/mol. The van der Waals surface area contributed by atoms with E-state index in [0.717, 1.165) is 4.90 Å². The highest BCUT2D eigenvalue weighted by Crippen LogP contribution is 2.39. The maximum absolute atomic E-state index is 12.1. The van der Waals surface area contributed by atoms with Gasteiger partial charge in [0.15, 0.2) is 5.70 Å². The van der Waals surface area contributed by atoms with Gasteiger partial charge in [-0.1, -0.05) is 18.2 Å². The van der Waals surface area contributed by atoms with Crippen molar-refractivity contribution >= 4 is 29.5 Å². The lowest BCUT2D eigenvalue weighted by molar-refractivity contribution is -0.149. The molecule has 2 amide bonds. The predicted molar refractivity (Wildman–Crippen MR) is 78.1 cm³/mol. The van der Waals surface area contributed by atoms with E-state index in [2.05, 4.69) is 5.32 Å². The molecule has 0 saturated carbocycles. The number of carboxylic acid groups (broad SMARTS) is 1. The Hall–Kier alpha value is -2.48. The van der Waals surface area contributed by atoms with Crippen LogP contribution in [0.3, 0.4) is 0 Å². The first-order valence-electron chi connectivity index (χ1n) is 6.46. The largest absolute Gasteiger partial charge is 0.509 e. The zero-order chi connectivity index (χ0) is 15.9. The molecule has 1 aromatic carbocycles. The van der Waals surface area contributed by atoms with Gasteiger partial charge in [-0.05, 0) is 12.1 Å². The lowest BCUT2D eigenvalue weighted by Crippen LogP contribution is -2.70. The third-order valence-corrected chi connectivity index (χ3v) is 4.74. The summed E-state index contributed by atoms with van der Waals surface area (Å²) in [4.78, 5) is 36.3. The van der Waals surface area contributed by atoms with Crippen molar-refractivity contribution in [2.45, 2.75) is 11.4 Å². The molecule has 0 spiro atoms. The number of benzene rings is 1. The smallest absolute Gasteiger partial charge is 0.356 e. The second-order valence-electron chi connectivity index (χ2n) is 4.83. The molecule has 1 fully saturated rings. The van der Waals surface area contributed by atoms with Gasteiger partial charge in [0.2, 0.25) is 0 Å². The van der Waals surface area contributed by atoms with Crippen molar-refractivity contribution in [3.8, 4) is 0 Å². The number of aliphatic carboxylic acids is 1. The fourth-order valence-corrected chi connectivity index (χ4v) is 3.62. The number of carboxylic acids is 1. The molecular weight excluding hydrogens is 308 g/mol. The van der Waals surface area contributed by atoms with Gasteiger partial charge < -0.3 is 15.5 Å². The van der Waals surface area contributed by atoms with E-state index < -0.39 is 34.9 Å². The first kappa shape index (κ1) is 14.5. The van der Waals surface area contributed by atoms with Crippen LogP contribution in [-0.4, -0.2) is 50.1 Å². The zero-order valence-electron chi connectivity index (χ0n) is 11.2. The van der Waals surface area contributed by atoms with Crippen molar-refractivity contribution < 1.29 is 24.6 Å². The highest BCUT2D eigenvalue weighted by Gasteiger charge is 2.54. The summed E-state index contributed by atoms with van der Waals surface area (Å²) >= 11 is 1.21. The number of hydrogen-bond donors (Lipinski definition) is 3. The van der Waals surface area contributed by atoms with E-state index in [1.54, 1.807) is 30.3 Å². The summed E-state index contributed by atoms with van der Waals surface area (Å²) in [6.45, 7) is 0. The van der Waals surface area contributed by atoms with Gasteiger partial charge in [-0.3, -0.25) is 14.5 Å². The molecule has 2 aliphatic rings. The number of nitrogens with one attached hydrogen (secondary N) is 1. The maximum Gasteiger partial charge on any atom is 0.356 e. The standard InChI is InChI=1S/C14H12N2O5S/c17-8-6-22-13-9(12(19)16(13)10(8)14(20)21)15-11(18)7-4-2-1-3-5-7/h1-5,9,13,17H,6H2,(H,15,18)(H,20,21)/t9?,13-/m1/s1. The molecule has 0 aliphatic carbocycles. The highest BCUT2D eigenvalue weighted by atomic mass is 32.2. The molecule has 3 rings (SSSR count). The second kappa shape index (κ2) is 5.38. The lowest BCUT2D eigenvalue weighted by Gasteiger charge is -2.48. The Morgan fingerprint density at radius 2 is 1.95 bits per heavy atom. The van der Waals surface area contributed by atoms with Crippen molar-refractivity contribution in [1.29, 1.82) is 0 Å². The molecule has 7 nitrogen and oxygen atoms in total. The van der Waals surface area contributed by atoms with Crippen molar-refractivity contribution in [3.63, 3.8) is 0 Å². The minimum atomic E-state index is -1.36. The van der Waals surface area contributed by atoms with Gasteiger partial charge in [-0.15, -0.1) is 11.8 Å². The number of aliphatic hydroxyl groups excluding tert-OH is 1. The second-order valence-corrected chi connectivity index (χ2v) is 5.93. The Morgan fingerprint density at radius 1 is 1.27 bits per heavy atom. The summed E-state index contributed by atoms with van der Waals surface area (Å²) in [5.74, 6) is -2.53. The van der Waals surface area contributed by atoms with E-state index in [1.807, 2.05) is 0 Å². The van der Waals surface area contributed by atoms with Gasteiger partial charge in [0.25, 0.3) is 11.8 Å². The summed E-state index contributed by atoms with van der Waals surface area (Å²) in [6.07, 6.45) is 0. The van der Waals surface area contributed by atoms with Crippen LogP contribution in [0.5, 0.6) is 0 Å². The highest BCUT2D eigenvalue weighted by molar-refractivity contribution is 8.00. The number of fused-ring (bicyclic) bond motifs is 1. The fraction of sp³-hybridized carbons (Fsp3) is 0.214. The molecule has 8 heteroatoms. The summed E-state index contributed by atoms with van der Waals surface area (Å²) in [6, 6.07) is 7.65. The third kappa shape index (κ3) is 2.21. The van der Waals surface area contributed by atoms with Crippen LogP contribution < -0.4 is 5.32 Å². The molecular formula is C14H12N2O5S. The first-order valence-corrected chi connectivity index (χ1v) is 7.51. The Balaban J connectivity index is 1.76. The molecule has 0 aromatic heterocycles. The Morgan fingerprint density at radius 3 is 2.59 bits per heavy atom. The summed E-state index contributed by atoms with van der Waals surface area (Å²) < 4.78 is 0. The maximum atomic E-state index is 12.1. The van der Waals surface area contributed by atoms with Crippen LogP contribution in [0.15, 0.2) is 41.8 Å². The number of thioether (sulfide) groups is 1. The van der Waals surface area contributed by atoms with Gasteiger partial charge in [0, 0.05) is 5.56 Å². The van der Waals surface area contributed by atoms with Crippen LogP contribution >= 0.6 is 11.8 Å². The van der Waals surface area contributed by atoms with E-state index in [-0.39, 0.29) is 11.5 Å². The molecule has 0 radical (unpaired) electrons. The third-order valence-electron chi connectivity index (χ3n) is 3.47. The number of carbonyl (C=O) groups excluding carboxylic acids is 2. The van der Waals surface area contributed by atoms with E-state index in [4.69, 9.17) is 5.11 Å². The SMILES string of the molecule is O=C(O)C1=C(O)CS[C@@H]2C(NC(=O)c3ccccc3)C(=O)N12. The number of nitrogens with zero attached hydrogens (tertiary/aromatic N) is 1. The minimum Gasteiger partial charge on any atom is -0.509 e. The molecule has 2 atom stereocenters. The van der Waals surface area contributed by atoms with Gasteiger partial charge >= 0.3 is 5.97 Å². The Labute approximate surface area is 129 Å². The fourth-order valence-electron chi connectivity index (χ4n) is 2.42. The molecule has 1 aromatic rings. The van der Waals surface area contributed by atoms with E-state index in [9.17, 15) is 19.5 Å². The summed E-state index contributed by atoms with van der Waals surface area (Å²) in [5, 5.41) is 20.8. The molecule has 2 heterocycles. The molecule has 22 heavy (non-hydrogen) atoms. The quantitative estimate of drug-likeness (QED) is 0.702. The molecule has 114 valence electrons. The molecule has 3 N–H and O–H groups in total. The van der Waals surface area contributed by atoms with Gasteiger partial charge in [0.1, 0.15) is 17.2 Å². The summed E-state index contributed by atoms with van der Waals surface area (Å²) in [7, 11) is 0. The Kier molecular flexibility index (Phi) is 3.53. The van der Waals surface area contributed by atoms with Crippen molar-refractivity contribution in [2.24, 2.45) is 0 Å². The normalized spacial score (nSPS) is 23.6. The zero-order valence-corrected chi connectivity index (χ0v) is 12.0. The van der Waals surface area contributed by atoms with Crippen LogP contribution in [0.25, 0.3) is 0 Å². The van der Waals surface area contributed by atoms with Crippen molar-refractivity contribution in [3.05, 3.63) is 47.4 Å². The number of β-lactam (4-membered cyclic amide) rings is 1. The topological polar surface area (TPSA) is 107 Å². The van der Waals surface area contributed by atoms with Crippen molar-refractivity contribution in [1.82, 2.24) is 10.2 Å². The average Bonchev–Trinajstić information content (AvgIpc) is 2.52. The van der Waals surface area contributed by atoms with Gasteiger partial charge in [0.05, 0.1) is 5.75 Å². The Bertz CT molecular complexity index is 688. The van der Waals surface area contributed by atoms with E-state index in [0.29, 0.717) is 5.56 Å². The molecule has 1 unspecified atom stereocenters. The van der Waals surface area contributed by atoms with Crippen LogP contribution in [0.4, 0.5) is 0 Å². The first-order chi connectivity index (χ1) is 10.5. The number of carbonyl (C=O) groups is 3. The molecule has 1 saturated heterocycles. The number of aliphatic hydroxyl groups is 1. The lowest BCUT2D eigenvalue weighted by atomic mass is 10.0. The molecule has 2 aliphatic heterocycles. The van der Waals surface area contributed by atoms with Crippen LogP contribution in [0.1, 0.15) is 10.4 Å². The van der Waals surface area contributed by atoms with Crippen LogP contribution in [0.2, 0.25) is 0 Å². The summed E-state index contributed by atoms with van der Waals surface area (Å²) in [5.41, 5.74) is 0.0189. The molecule has 0 bridgehead atoms. The minimum absolute atomic E-state index is 0.0911. The number of hydrogen-bond acceptors (Lipinski definition) is 5. The van der Waals surface area contributed by atoms with Crippen LogP contribution in [0, 0.1) is 0 Å². The van der Waals surface area contributed by atoms with E-state index in [1.165, 1.54) is 11.8 Å².